The van der Waals surface area contributed by atoms with Crippen LogP contribution in [0, 0.1) is 6.92 Å². The van der Waals surface area contributed by atoms with E-state index in [1.165, 1.54) is 0 Å². The number of aromatic nitrogens is 1. The minimum absolute atomic E-state index is 0.0713. The van der Waals surface area contributed by atoms with Crippen molar-refractivity contribution in [2.24, 2.45) is 0 Å². The van der Waals surface area contributed by atoms with E-state index < -0.39 is 17.8 Å². The first-order valence-corrected chi connectivity index (χ1v) is 11.6. The van der Waals surface area contributed by atoms with Crippen LogP contribution in [0.4, 0.5) is 4.79 Å². The Morgan fingerprint density at radius 3 is 2.23 bits per heavy atom. The molecule has 1 N–H and O–H groups in total. The number of rotatable bonds is 5. The second-order valence-electron chi connectivity index (χ2n) is 8.42. The lowest BCUT2D eigenvalue weighted by molar-refractivity contribution is -0.130. The molecule has 3 aromatic carbocycles. The quantitative estimate of drug-likeness (QED) is 0.309. The molecular formula is C28H22ClN3O3. The highest BCUT2D eigenvalue weighted by molar-refractivity contribution is 6.31. The molecular weight excluding hydrogens is 462 g/mol. The van der Waals surface area contributed by atoms with Crippen molar-refractivity contribution in [1.29, 1.82) is 0 Å². The van der Waals surface area contributed by atoms with Crippen molar-refractivity contribution in [3.63, 3.8) is 0 Å². The molecule has 1 aromatic heterocycles. The molecule has 7 heteroatoms. The van der Waals surface area contributed by atoms with Gasteiger partial charge in [0.2, 0.25) is 0 Å². The summed E-state index contributed by atoms with van der Waals surface area (Å²) in [5.41, 5.74) is 4.44. The fourth-order valence-electron chi connectivity index (χ4n) is 4.36. The lowest BCUT2D eigenvalue weighted by Gasteiger charge is -2.26. The molecule has 0 spiro atoms. The topological polar surface area (TPSA) is 71.4 Å². The molecule has 0 aliphatic carbocycles. The van der Waals surface area contributed by atoms with Crippen LogP contribution >= 0.6 is 11.6 Å². The van der Waals surface area contributed by atoms with Crippen LogP contribution in [-0.2, 0) is 22.7 Å². The maximum Gasteiger partial charge on any atom is 0.331 e. The minimum atomic E-state index is -0.720. The first kappa shape index (κ1) is 22.6. The average molecular weight is 484 g/mol. The third-order valence-electron chi connectivity index (χ3n) is 6.19. The third-order valence-corrected chi connectivity index (χ3v) is 6.44. The largest absolute Gasteiger partial charge is 0.340 e. The van der Waals surface area contributed by atoms with Gasteiger partial charge in [-0.05, 0) is 42.3 Å². The highest BCUT2D eigenvalue weighted by Crippen LogP contribution is 2.30. The highest BCUT2D eigenvalue weighted by atomic mass is 35.5. The second kappa shape index (κ2) is 9.24. The zero-order chi connectivity index (χ0) is 24.5. The number of carbonyl (C=O) groups excluding carboxylic acids is 3. The summed E-state index contributed by atoms with van der Waals surface area (Å²) in [6, 6.07) is 24.0. The molecule has 1 fully saturated rings. The van der Waals surface area contributed by atoms with E-state index in [1.54, 1.807) is 6.08 Å². The number of urea groups is 1. The maximum atomic E-state index is 13.3. The maximum absolute atomic E-state index is 13.3. The van der Waals surface area contributed by atoms with Gasteiger partial charge in [-0.1, -0.05) is 72.3 Å². The number of imide groups is 2. The summed E-state index contributed by atoms with van der Waals surface area (Å²) < 4.78 is 2.14. The van der Waals surface area contributed by atoms with Gasteiger partial charge in [-0.3, -0.25) is 19.8 Å². The van der Waals surface area contributed by atoms with Crippen LogP contribution in [0.2, 0.25) is 5.02 Å². The van der Waals surface area contributed by atoms with Crippen molar-refractivity contribution < 1.29 is 14.4 Å². The van der Waals surface area contributed by atoms with E-state index in [4.69, 9.17) is 11.6 Å². The molecule has 1 aliphatic rings. The molecule has 0 radical (unpaired) electrons. The number of hydrogen-bond donors (Lipinski definition) is 1. The molecule has 2 heterocycles. The molecule has 35 heavy (non-hydrogen) atoms. The lowest BCUT2D eigenvalue weighted by atomic mass is 10.0. The molecule has 4 amide bonds. The first-order valence-electron chi connectivity index (χ1n) is 11.2. The van der Waals surface area contributed by atoms with Crippen LogP contribution in [0.15, 0.2) is 84.4 Å². The lowest BCUT2D eigenvalue weighted by Crippen LogP contribution is -2.53. The molecule has 4 aromatic rings. The number of barbiturate groups is 1. The number of amides is 4. The van der Waals surface area contributed by atoms with E-state index in [0.29, 0.717) is 11.6 Å². The molecule has 174 valence electrons. The van der Waals surface area contributed by atoms with Gasteiger partial charge in [0, 0.05) is 33.7 Å². The van der Waals surface area contributed by atoms with E-state index in [1.807, 2.05) is 85.8 Å². The van der Waals surface area contributed by atoms with E-state index >= 15 is 0 Å². The first-order chi connectivity index (χ1) is 16.9. The third kappa shape index (κ3) is 4.36. The highest BCUT2D eigenvalue weighted by Gasteiger charge is 2.36. The predicted octanol–water partition coefficient (Wildman–Crippen LogP) is 5.31. The summed E-state index contributed by atoms with van der Waals surface area (Å²) in [4.78, 5) is 39.5. The Labute approximate surface area is 207 Å². The van der Waals surface area contributed by atoms with Gasteiger partial charge in [-0.2, -0.15) is 0 Å². The number of nitrogens with zero attached hydrogens (tertiary/aromatic N) is 2. The van der Waals surface area contributed by atoms with Crippen LogP contribution in [0.5, 0.6) is 0 Å². The van der Waals surface area contributed by atoms with Gasteiger partial charge in [0.15, 0.2) is 0 Å². The summed E-state index contributed by atoms with van der Waals surface area (Å²) in [5.74, 6) is -1.31. The monoisotopic (exact) mass is 483 g/mol. The Balaban J connectivity index is 1.56. The van der Waals surface area contributed by atoms with E-state index in [0.717, 1.165) is 38.2 Å². The summed E-state index contributed by atoms with van der Waals surface area (Å²) in [7, 11) is 0. The van der Waals surface area contributed by atoms with Crippen molar-refractivity contribution in [3.05, 3.63) is 112 Å². The smallest absolute Gasteiger partial charge is 0.331 e. The van der Waals surface area contributed by atoms with Gasteiger partial charge >= 0.3 is 6.03 Å². The summed E-state index contributed by atoms with van der Waals surface area (Å²) in [6.07, 6.45) is 1.60. The molecule has 0 atom stereocenters. The van der Waals surface area contributed by atoms with E-state index in [2.05, 4.69) is 9.88 Å². The van der Waals surface area contributed by atoms with Gasteiger partial charge in [0.25, 0.3) is 11.8 Å². The number of nitrogens with one attached hydrogen (secondary N) is 1. The Hall–Kier alpha value is -4.16. The van der Waals surface area contributed by atoms with Crippen molar-refractivity contribution >= 4 is 46.4 Å². The van der Waals surface area contributed by atoms with Gasteiger partial charge in [-0.15, -0.1) is 0 Å². The van der Waals surface area contributed by atoms with Gasteiger partial charge in [0.1, 0.15) is 5.57 Å². The summed E-state index contributed by atoms with van der Waals surface area (Å²) >= 11 is 6.04. The molecule has 6 nitrogen and oxygen atoms in total. The molecule has 5 rings (SSSR count). The molecule has 1 aliphatic heterocycles. The van der Waals surface area contributed by atoms with Crippen molar-refractivity contribution in [2.75, 3.05) is 0 Å². The fourth-order valence-corrected chi connectivity index (χ4v) is 4.49. The van der Waals surface area contributed by atoms with Crippen molar-refractivity contribution in [3.8, 4) is 0 Å². The summed E-state index contributed by atoms with van der Waals surface area (Å²) in [5, 5.41) is 3.90. The van der Waals surface area contributed by atoms with Crippen LogP contribution in [-0.4, -0.2) is 27.3 Å². The van der Waals surface area contributed by atoms with E-state index in [9.17, 15) is 14.4 Å². The Bertz CT molecular complexity index is 1490. The molecule has 1 saturated heterocycles. The van der Waals surface area contributed by atoms with Crippen LogP contribution in [0.1, 0.15) is 22.4 Å². The zero-order valence-electron chi connectivity index (χ0n) is 19.0. The predicted molar refractivity (Wildman–Crippen MR) is 136 cm³/mol. The summed E-state index contributed by atoms with van der Waals surface area (Å²) in [6.45, 7) is 2.64. The van der Waals surface area contributed by atoms with Crippen molar-refractivity contribution in [2.45, 2.75) is 20.0 Å². The van der Waals surface area contributed by atoms with Crippen molar-refractivity contribution in [1.82, 2.24) is 14.8 Å². The minimum Gasteiger partial charge on any atom is -0.340 e. The zero-order valence-corrected chi connectivity index (χ0v) is 19.8. The number of fused-ring (bicyclic) bond motifs is 1. The Morgan fingerprint density at radius 2 is 1.49 bits per heavy atom. The fraction of sp³-hybridized carbons (Fsp3) is 0.107. The Morgan fingerprint density at radius 1 is 0.829 bits per heavy atom. The van der Waals surface area contributed by atoms with Gasteiger partial charge in [0.05, 0.1) is 6.54 Å². The number of benzene rings is 3. The number of hydrogen-bond acceptors (Lipinski definition) is 3. The van der Waals surface area contributed by atoms with Gasteiger partial charge < -0.3 is 4.57 Å². The van der Waals surface area contributed by atoms with E-state index in [-0.39, 0.29) is 12.1 Å². The number of halogens is 1. The SMILES string of the molecule is Cc1c(C=C2C(=O)NC(=O)N(Cc3ccccc3)C2=O)c2ccccc2n1Cc1ccc(Cl)cc1. The van der Waals surface area contributed by atoms with Crippen LogP contribution in [0.25, 0.3) is 17.0 Å². The Kier molecular flexibility index (Phi) is 5.97. The standard InChI is InChI=1S/C28H22ClN3O3/c1-18-23(22-9-5-6-10-25(22)31(18)16-20-11-13-21(29)14-12-20)15-24-26(33)30-28(35)32(27(24)34)17-19-7-3-2-4-8-19/h2-15H,16-17H2,1H3,(H,30,33,35). The van der Waals surface area contributed by atoms with Crippen LogP contribution in [0.3, 0.4) is 0 Å². The van der Waals surface area contributed by atoms with Crippen LogP contribution < -0.4 is 5.32 Å². The van der Waals surface area contributed by atoms with Gasteiger partial charge in [-0.25, -0.2) is 4.79 Å². The molecule has 0 saturated carbocycles. The number of para-hydroxylation sites is 1. The number of carbonyl (C=O) groups is 3. The molecule has 0 bridgehead atoms. The molecule has 0 unspecified atom stereocenters. The normalized spacial score (nSPS) is 15.2. The average Bonchev–Trinajstić information content (AvgIpc) is 3.12. The second-order valence-corrected chi connectivity index (χ2v) is 8.86.